The van der Waals surface area contributed by atoms with Crippen LogP contribution in [0, 0.1) is 24.7 Å². The monoisotopic (exact) mass is 294 g/mol. The molecule has 1 aliphatic heterocycles. The van der Waals surface area contributed by atoms with E-state index >= 15 is 0 Å². The van der Waals surface area contributed by atoms with Gasteiger partial charge in [0.1, 0.15) is 0 Å². The van der Waals surface area contributed by atoms with Crippen LogP contribution in [-0.2, 0) is 6.54 Å². The molecule has 0 bridgehead atoms. The van der Waals surface area contributed by atoms with E-state index in [-0.39, 0.29) is 24.8 Å². The Morgan fingerprint density at radius 1 is 1.29 bits per heavy atom. The van der Waals surface area contributed by atoms with E-state index < -0.39 is 0 Å². The van der Waals surface area contributed by atoms with Gasteiger partial charge in [0.25, 0.3) is 0 Å². The molecule has 0 spiro atoms. The summed E-state index contributed by atoms with van der Waals surface area (Å²) in [7, 11) is 0. The molecule has 2 aliphatic rings. The summed E-state index contributed by atoms with van der Waals surface area (Å²) in [5, 5.41) is 0. The van der Waals surface area contributed by atoms with Crippen molar-refractivity contribution in [2.75, 3.05) is 19.6 Å². The number of aryl methyl sites for hydroxylation is 1. The average Bonchev–Trinajstić information content (AvgIpc) is 2.60. The van der Waals surface area contributed by atoms with Crippen LogP contribution in [0.3, 0.4) is 0 Å². The van der Waals surface area contributed by atoms with Crippen molar-refractivity contribution < 1.29 is 0 Å². The van der Waals surface area contributed by atoms with Crippen molar-refractivity contribution in [1.29, 1.82) is 0 Å². The van der Waals surface area contributed by atoms with Crippen molar-refractivity contribution in [2.45, 2.75) is 13.5 Å². The number of hydrogen-bond acceptors (Lipinski definition) is 3. The van der Waals surface area contributed by atoms with Gasteiger partial charge in [-0.1, -0.05) is 0 Å². The van der Waals surface area contributed by atoms with Gasteiger partial charge in [-0.2, -0.15) is 0 Å². The van der Waals surface area contributed by atoms with E-state index in [9.17, 15) is 0 Å². The molecule has 2 fully saturated rings. The highest BCUT2D eigenvalue weighted by atomic mass is 35.5. The zero-order chi connectivity index (χ0) is 10.4. The molecule has 1 saturated carbocycles. The number of thiophene rings is 1. The molecule has 17 heavy (non-hydrogen) atoms. The van der Waals surface area contributed by atoms with E-state index in [1.807, 2.05) is 11.3 Å². The lowest BCUT2D eigenvalue weighted by atomic mass is 10.2. The Hall–Kier alpha value is 0.200. The minimum absolute atomic E-state index is 0. The number of nitrogens with two attached hydrogens (primary N) is 1. The van der Waals surface area contributed by atoms with Crippen LogP contribution >= 0.6 is 36.2 Å². The van der Waals surface area contributed by atoms with Crippen molar-refractivity contribution in [3.05, 3.63) is 21.9 Å². The lowest BCUT2D eigenvalue weighted by Gasteiger charge is -2.17. The first-order valence-electron chi connectivity index (χ1n) is 5.75. The van der Waals surface area contributed by atoms with Crippen LogP contribution in [0.25, 0.3) is 0 Å². The number of hydrogen-bond donors (Lipinski definition) is 1. The van der Waals surface area contributed by atoms with Crippen LogP contribution in [0.5, 0.6) is 0 Å². The molecule has 5 heteroatoms. The first-order valence-corrected chi connectivity index (χ1v) is 6.57. The van der Waals surface area contributed by atoms with Crippen LogP contribution in [0.15, 0.2) is 12.1 Å². The minimum atomic E-state index is 0. The first-order chi connectivity index (χ1) is 7.28. The molecule has 1 saturated heterocycles. The predicted octanol–water partition coefficient (Wildman–Crippen LogP) is 2.54. The van der Waals surface area contributed by atoms with Crippen LogP contribution in [0.4, 0.5) is 0 Å². The van der Waals surface area contributed by atoms with Gasteiger partial charge in [0.2, 0.25) is 0 Å². The van der Waals surface area contributed by atoms with Crippen LogP contribution < -0.4 is 5.73 Å². The third-order valence-electron chi connectivity index (χ3n) is 3.89. The van der Waals surface area contributed by atoms with Gasteiger partial charge in [0.15, 0.2) is 0 Å². The number of rotatable bonds is 3. The third kappa shape index (κ3) is 2.96. The second-order valence-corrected chi connectivity index (χ2v) is 6.31. The molecule has 1 aliphatic carbocycles. The summed E-state index contributed by atoms with van der Waals surface area (Å²) in [4.78, 5) is 5.53. The van der Waals surface area contributed by atoms with Crippen molar-refractivity contribution in [3.63, 3.8) is 0 Å². The molecular weight excluding hydrogens is 275 g/mol. The summed E-state index contributed by atoms with van der Waals surface area (Å²) in [6.07, 6.45) is 0. The largest absolute Gasteiger partial charge is 0.330 e. The summed E-state index contributed by atoms with van der Waals surface area (Å²) >= 11 is 1.93. The van der Waals surface area contributed by atoms with Gasteiger partial charge >= 0.3 is 0 Å². The molecule has 2 heterocycles. The van der Waals surface area contributed by atoms with E-state index in [0.717, 1.165) is 30.8 Å². The molecular formula is C12H20Cl2N2S. The fourth-order valence-corrected chi connectivity index (χ4v) is 3.94. The lowest BCUT2D eigenvalue weighted by molar-refractivity contribution is 0.281. The fourth-order valence-electron chi connectivity index (χ4n) is 3.01. The number of fused-ring (bicyclic) bond motifs is 1. The fraction of sp³-hybridized carbons (Fsp3) is 0.667. The number of likely N-dealkylation sites (tertiary alicyclic amines) is 1. The van der Waals surface area contributed by atoms with Gasteiger partial charge < -0.3 is 5.73 Å². The van der Waals surface area contributed by atoms with E-state index in [4.69, 9.17) is 5.73 Å². The van der Waals surface area contributed by atoms with Crippen LogP contribution in [-0.4, -0.2) is 24.5 Å². The predicted molar refractivity (Wildman–Crippen MR) is 78.4 cm³/mol. The molecule has 1 unspecified atom stereocenters. The average molecular weight is 295 g/mol. The topological polar surface area (TPSA) is 29.3 Å². The molecule has 2 N–H and O–H groups in total. The summed E-state index contributed by atoms with van der Waals surface area (Å²) in [6.45, 7) is 6.80. The first kappa shape index (κ1) is 15.3. The maximum absolute atomic E-state index is 5.71. The maximum Gasteiger partial charge on any atom is 0.0328 e. The summed E-state index contributed by atoms with van der Waals surface area (Å²) in [6, 6.07) is 4.49. The van der Waals surface area contributed by atoms with Crippen molar-refractivity contribution in [2.24, 2.45) is 23.5 Å². The van der Waals surface area contributed by atoms with Crippen molar-refractivity contribution in [1.82, 2.24) is 4.90 Å². The van der Waals surface area contributed by atoms with Gasteiger partial charge in [-0.25, -0.2) is 0 Å². The van der Waals surface area contributed by atoms with Gasteiger partial charge in [-0.3, -0.25) is 4.90 Å². The quantitative estimate of drug-likeness (QED) is 0.928. The smallest absolute Gasteiger partial charge is 0.0328 e. The Kier molecular flexibility index (Phi) is 5.29. The lowest BCUT2D eigenvalue weighted by Crippen LogP contribution is -2.25. The SMILES string of the molecule is Cc1ccc(CN2C[C@@H]3C(CN)[C@@H]3C2)s1.Cl.Cl. The summed E-state index contributed by atoms with van der Waals surface area (Å²) < 4.78 is 0. The molecule has 3 atom stereocenters. The Bertz CT molecular complexity index is 357. The van der Waals surface area contributed by atoms with Gasteiger partial charge in [0.05, 0.1) is 0 Å². The number of halogens is 2. The summed E-state index contributed by atoms with van der Waals surface area (Å²) in [5.41, 5.74) is 5.71. The Morgan fingerprint density at radius 3 is 2.41 bits per heavy atom. The van der Waals surface area contributed by atoms with E-state index in [1.165, 1.54) is 22.8 Å². The number of piperidine rings is 1. The Labute approximate surface area is 119 Å². The zero-order valence-electron chi connectivity index (χ0n) is 9.96. The third-order valence-corrected chi connectivity index (χ3v) is 4.88. The second-order valence-electron chi connectivity index (χ2n) is 4.93. The summed E-state index contributed by atoms with van der Waals surface area (Å²) in [5.74, 6) is 2.71. The highest BCUT2D eigenvalue weighted by Gasteiger charge is 2.54. The molecule has 0 radical (unpaired) electrons. The molecule has 1 aromatic heterocycles. The molecule has 0 amide bonds. The molecule has 3 rings (SSSR count). The molecule has 2 nitrogen and oxygen atoms in total. The van der Waals surface area contributed by atoms with Gasteiger partial charge in [0, 0.05) is 29.4 Å². The second kappa shape index (κ2) is 5.89. The van der Waals surface area contributed by atoms with Crippen LogP contribution in [0.2, 0.25) is 0 Å². The highest BCUT2D eigenvalue weighted by Crippen LogP contribution is 2.51. The highest BCUT2D eigenvalue weighted by molar-refractivity contribution is 7.11. The normalized spacial score (nSPS) is 30.4. The number of nitrogens with zero attached hydrogens (tertiary/aromatic N) is 1. The van der Waals surface area contributed by atoms with Gasteiger partial charge in [-0.05, 0) is 43.4 Å². The maximum atomic E-state index is 5.71. The van der Waals surface area contributed by atoms with Crippen LogP contribution in [0.1, 0.15) is 9.75 Å². The zero-order valence-corrected chi connectivity index (χ0v) is 12.4. The van der Waals surface area contributed by atoms with Gasteiger partial charge in [-0.15, -0.1) is 36.2 Å². The Balaban J connectivity index is 0.000000722. The molecule has 98 valence electrons. The van der Waals surface area contributed by atoms with E-state index in [1.54, 1.807) is 0 Å². The standard InChI is InChI=1S/C12H18N2S.2ClH/c1-8-2-3-9(15-8)5-14-6-11-10(4-13)12(11)7-14;;/h2-3,10-12H,4-7,13H2,1H3;2*1H/t10?,11-,12+;;. The Morgan fingerprint density at radius 2 is 1.94 bits per heavy atom. The minimum Gasteiger partial charge on any atom is -0.330 e. The van der Waals surface area contributed by atoms with E-state index in [2.05, 4.69) is 24.0 Å². The van der Waals surface area contributed by atoms with Crippen molar-refractivity contribution >= 4 is 36.2 Å². The molecule has 1 aromatic rings. The molecule has 0 aromatic carbocycles. The van der Waals surface area contributed by atoms with Crippen molar-refractivity contribution in [3.8, 4) is 0 Å². The van der Waals surface area contributed by atoms with E-state index in [0.29, 0.717) is 0 Å².